The number of benzene rings is 1. The van der Waals surface area contributed by atoms with Gasteiger partial charge in [0.1, 0.15) is 0 Å². The van der Waals surface area contributed by atoms with E-state index >= 15 is 0 Å². The summed E-state index contributed by atoms with van der Waals surface area (Å²) < 4.78 is 25.0. The van der Waals surface area contributed by atoms with Crippen molar-refractivity contribution in [3.8, 4) is 0 Å². The molecule has 1 aromatic rings. The zero-order valence-corrected chi connectivity index (χ0v) is 45.0. The highest BCUT2D eigenvalue weighted by Gasteiger charge is 2.67. The molecular formula is C63H86O6Si. The van der Waals surface area contributed by atoms with Gasteiger partial charge in [-0.25, -0.2) is 0 Å². The standard InChI is InChI=1S/C63H86O6Si/c1-58-30-24-42(64)36-39(58)12-15-46-49-18-21-55(61(49,4)33-27-52(46)58)67-70(45-10-8-7-9-11-45,68-56-22-19-50-47-16-13-40-37-43(65)25-31-59(40,2)53(47)28-34-62(50,56)5)69-57-23-20-51-48-17-14-41-38-44(66)26-32-60(41,3)54(48)29-35-63(51,57)6/h7-11,36-38,46-57H,12-35H2,1-6H3/t46-,47-,48+,49+,50+,51+,52+,53+,54+,55+,56+,57+,58+,59+,60-,61-,62-,63-/m0/s1. The Balaban J connectivity index is 0.851. The van der Waals surface area contributed by atoms with Crippen molar-refractivity contribution in [2.75, 3.05) is 0 Å². The van der Waals surface area contributed by atoms with Gasteiger partial charge in [0.05, 0.1) is 18.3 Å². The van der Waals surface area contributed by atoms with E-state index in [1.54, 1.807) is 0 Å². The van der Waals surface area contributed by atoms with Crippen molar-refractivity contribution in [2.45, 2.75) is 214 Å². The molecule has 378 valence electrons. The van der Waals surface area contributed by atoms with Crippen LogP contribution in [0.1, 0.15) is 196 Å². The van der Waals surface area contributed by atoms with Gasteiger partial charge in [-0.05, 0) is 239 Å². The molecule has 12 aliphatic carbocycles. The van der Waals surface area contributed by atoms with Gasteiger partial charge in [0.15, 0.2) is 17.3 Å². The summed E-state index contributed by atoms with van der Waals surface area (Å²) >= 11 is 0. The molecule has 1 aromatic carbocycles. The van der Waals surface area contributed by atoms with Gasteiger partial charge < -0.3 is 13.3 Å². The molecule has 0 aliphatic heterocycles. The molecule has 7 heteroatoms. The third-order valence-electron chi connectivity index (χ3n) is 25.6. The van der Waals surface area contributed by atoms with Crippen molar-refractivity contribution in [1.82, 2.24) is 0 Å². The minimum absolute atomic E-state index is 0.0393. The Kier molecular flexibility index (Phi) is 11.2. The van der Waals surface area contributed by atoms with Crippen molar-refractivity contribution < 1.29 is 27.7 Å². The summed E-state index contributed by atoms with van der Waals surface area (Å²) in [6, 6.07) is 11.3. The summed E-state index contributed by atoms with van der Waals surface area (Å²) in [5, 5.41) is 1.17. The summed E-state index contributed by atoms with van der Waals surface area (Å²) in [6.45, 7) is 15.4. The summed E-state index contributed by atoms with van der Waals surface area (Å²) in [6.07, 6.45) is 32.3. The molecule has 12 aliphatic rings. The number of carbonyl (C=O) groups excluding carboxylic acids is 3. The Morgan fingerprint density at radius 2 is 0.714 bits per heavy atom. The van der Waals surface area contributed by atoms with Gasteiger partial charge in [0.2, 0.25) is 0 Å². The van der Waals surface area contributed by atoms with Crippen LogP contribution in [0.25, 0.3) is 0 Å². The number of allylic oxidation sites excluding steroid dienone is 3. The predicted octanol–water partition coefficient (Wildman–Crippen LogP) is 13.6. The van der Waals surface area contributed by atoms with Crippen LogP contribution in [-0.2, 0) is 27.7 Å². The van der Waals surface area contributed by atoms with Crippen LogP contribution in [0.3, 0.4) is 0 Å². The Labute approximate surface area is 422 Å². The van der Waals surface area contributed by atoms with E-state index in [1.807, 2.05) is 0 Å². The smallest absolute Gasteiger partial charge is 0.366 e. The number of rotatable bonds is 7. The second-order valence-electron chi connectivity index (χ2n) is 28.0. The lowest BCUT2D eigenvalue weighted by Gasteiger charge is -2.59. The van der Waals surface area contributed by atoms with Crippen LogP contribution < -0.4 is 5.19 Å². The van der Waals surface area contributed by atoms with E-state index in [2.05, 4.69) is 90.1 Å². The van der Waals surface area contributed by atoms with Crippen LogP contribution in [-0.4, -0.2) is 44.5 Å². The Bertz CT molecular complexity index is 2190. The van der Waals surface area contributed by atoms with E-state index in [4.69, 9.17) is 13.3 Å². The topological polar surface area (TPSA) is 78.9 Å². The van der Waals surface area contributed by atoms with Crippen LogP contribution in [0.5, 0.6) is 0 Å². The number of fused-ring (bicyclic) bond motifs is 15. The average Bonchev–Trinajstić information content (AvgIpc) is 3.98. The van der Waals surface area contributed by atoms with Gasteiger partial charge in [-0.15, -0.1) is 0 Å². The van der Waals surface area contributed by atoms with Crippen LogP contribution in [0.15, 0.2) is 65.3 Å². The largest absolute Gasteiger partial charge is 0.537 e. The molecule has 9 saturated carbocycles. The summed E-state index contributed by atoms with van der Waals surface area (Å²) in [5.74, 6) is 6.75. The molecule has 0 N–H and O–H groups in total. The average molecular weight is 967 g/mol. The van der Waals surface area contributed by atoms with Crippen LogP contribution in [0.2, 0.25) is 0 Å². The van der Waals surface area contributed by atoms with E-state index < -0.39 is 8.80 Å². The van der Waals surface area contributed by atoms with Crippen molar-refractivity contribution >= 4 is 31.3 Å². The van der Waals surface area contributed by atoms with Gasteiger partial charge >= 0.3 is 8.80 Å². The first-order chi connectivity index (χ1) is 33.5. The fourth-order valence-corrected chi connectivity index (χ4v) is 25.1. The zero-order valence-electron chi connectivity index (χ0n) is 44.0. The Morgan fingerprint density at radius 1 is 0.386 bits per heavy atom. The first-order valence-electron chi connectivity index (χ1n) is 29.3. The Morgan fingerprint density at radius 3 is 1.04 bits per heavy atom. The second-order valence-corrected chi connectivity index (χ2v) is 30.4. The summed E-state index contributed by atoms with van der Waals surface area (Å²) in [7, 11) is -3.66. The molecule has 18 atom stereocenters. The highest BCUT2D eigenvalue weighted by atomic mass is 28.4. The molecule has 9 fully saturated rings. The fourth-order valence-electron chi connectivity index (χ4n) is 21.6. The van der Waals surface area contributed by atoms with E-state index in [9.17, 15) is 14.4 Å². The first-order valence-corrected chi connectivity index (χ1v) is 31.0. The third-order valence-corrected chi connectivity index (χ3v) is 28.5. The SMILES string of the molecule is C[C@]12CC[C@@H]3[C@H](CCC4=CC(=O)CC[C@@]43C)[C@H]1CC[C@H]2O[Si](O[C@@H]1CC[C@@H]2[C@@H]3CCC4=CC(=O)CC[C@@]4(C)[C@@H]3CC[C@@]21C)(O[C@@H]1CC[C@@H]2[C@@H]3CCC4=CC(=O)CC[C@@]4(C)[C@@H]3CC[C@@]21C)c1ccccc1. The van der Waals surface area contributed by atoms with Crippen molar-refractivity contribution in [1.29, 1.82) is 0 Å². The first kappa shape index (κ1) is 47.3. The van der Waals surface area contributed by atoms with E-state index in [-0.39, 0.29) is 50.8 Å². The monoisotopic (exact) mass is 967 g/mol. The van der Waals surface area contributed by atoms with Gasteiger partial charge in [-0.2, -0.15) is 0 Å². The quantitative estimate of drug-likeness (QED) is 0.253. The Hall–Kier alpha value is -2.45. The normalized spacial score (nSPS) is 49.3. The molecule has 6 nitrogen and oxygen atoms in total. The number of hydrogen-bond donors (Lipinski definition) is 0. The molecular weight excluding hydrogens is 881 g/mol. The molecule has 0 aromatic heterocycles. The van der Waals surface area contributed by atoms with Crippen molar-refractivity contribution in [3.05, 3.63) is 65.3 Å². The predicted molar refractivity (Wildman–Crippen MR) is 277 cm³/mol. The van der Waals surface area contributed by atoms with E-state index in [1.165, 1.54) is 99.0 Å². The molecule has 0 saturated heterocycles. The maximum Gasteiger partial charge on any atom is 0.537 e. The lowest BCUT2D eigenvalue weighted by atomic mass is 9.47. The number of hydrogen-bond acceptors (Lipinski definition) is 6. The van der Waals surface area contributed by atoms with Crippen LogP contribution in [0, 0.1) is 85.8 Å². The zero-order chi connectivity index (χ0) is 48.2. The number of ketones is 3. The summed E-state index contributed by atoms with van der Waals surface area (Å²) in [5.41, 5.74) is 4.92. The van der Waals surface area contributed by atoms with Crippen LogP contribution in [0.4, 0.5) is 0 Å². The summed E-state index contributed by atoms with van der Waals surface area (Å²) in [4.78, 5) is 38.2. The molecule has 0 unspecified atom stereocenters. The highest BCUT2D eigenvalue weighted by molar-refractivity contribution is 6.75. The molecule has 0 radical (unpaired) electrons. The fraction of sp³-hybridized carbons (Fsp3) is 0.762. The third kappa shape index (κ3) is 6.79. The highest BCUT2D eigenvalue weighted by Crippen LogP contribution is 2.70. The number of carbonyl (C=O) groups is 3. The minimum Gasteiger partial charge on any atom is -0.366 e. The van der Waals surface area contributed by atoms with E-state index in [0.717, 1.165) is 57.8 Å². The lowest BCUT2D eigenvalue weighted by Crippen LogP contribution is -2.65. The van der Waals surface area contributed by atoms with Gasteiger partial charge in [-0.3, -0.25) is 14.4 Å². The van der Waals surface area contributed by atoms with Gasteiger partial charge in [-0.1, -0.05) is 88.6 Å². The molecule has 0 amide bonds. The maximum atomic E-state index is 12.7. The van der Waals surface area contributed by atoms with Crippen molar-refractivity contribution in [3.63, 3.8) is 0 Å². The maximum absolute atomic E-state index is 12.7. The lowest BCUT2D eigenvalue weighted by molar-refractivity contribution is -0.127. The molecule has 0 bridgehead atoms. The van der Waals surface area contributed by atoms with Crippen LogP contribution >= 0.6 is 0 Å². The molecule has 13 rings (SSSR count). The molecule has 0 heterocycles. The molecule has 0 spiro atoms. The molecule has 70 heavy (non-hydrogen) atoms. The van der Waals surface area contributed by atoms with Crippen molar-refractivity contribution in [2.24, 2.45) is 85.8 Å². The van der Waals surface area contributed by atoms with Gasteiger partial charge in [0, 0.05) is 24.4 Å². The van der Waals surface area contributed by atoms with Gasteiger partial charge in [0.25, 0.3) is 0 Å². The second kappa shape index (κ2) is 16.5. The minimum atomic E-state index is -3.66. The van der Waals surface area contributed by atoms with E-state index in [0.29, 0.717) is 89.9 Å².